The van der Waals surface area contributed by atoms with Gasteiger partial charge in [0.15, 0.2) is 0 Å². The van der Waals surface area contributed by atoms with E-state index in [0.717, 1.165) is 12.8 Å². The van der Waals surface area contributed by atoms with Gasteiger partial charge in [0.05, 0.1) is 25.2 Å². The number of rotatable bonds is 8. The molecule has 2 fully saturated rings. The highest BCUT2D eigenvalue weighted by molar-refractivity contribution is 7.86. The zero-order valence-corrected chi connectivity index (χ0v) is 16.1. The highest BCUT2D eigenvalue weighted by Crippen LogP contribution is 2.22. The molecule has 0 radical (unpaired) electrons. The minimum Gasteiger partial charge on any atom is -0.379 e. The molecule has 1 atom stereocenters. The van der Waals surface area contributed by atoms with E-state index in [2.05, 4.69) is 5.32 Å². The molecule has 2 aliphatic heterocycles. The second-order valence-electron chi connectivity index (χ2n) is 6.78. The summed E-state index contributed by atoms with van der Waals surface area (Å²) in [6.07, 6.45) is 2.38. The lowest BCUT2D eigenvalue weighted by molar-refractivity contribution is -0.126. The fourth-order valence-corrected chi connectivity index (χ4v) is 4.72. The molecule has 0 aliphatic carbocycles. The molecule has 9 heteroatoms. The summed E-state index contributed by atoms with van der Waals surface area (Å²) in [4.78, 5) is 12.3. The molecule has 25 heavy (non-hydrogen) atoms. The second-order valence-corrected chi connectivity index (χ2v) is 8.71. The first kappa shape index (κ1) is 20.6. The monoisotopic (exact) mass is 377 g/mol. The number of hydrogen-bond acceptors (Lipinski definition) is 5. The van der Waals surface area contributed by atoms with E-state index in [1.54, 1.807) is 0 Å². The standard InChI is InChI=1S/C16H31N3O5S/c1-14(2)24-10-4-6-17-16(20)15-5-3-7-19(13-15)25(21,22)18-8-11-23-12-9-18/h14-15H,3-13H2,1-2H3,(H,17,20)/t15-/m0/s1. The maximum atomic E-state index is 12.7. The van der Waals surface area contributed by atoms with Crippen molar-refractivity contribution in [3.05, 3.63) is 0 Å². The number of morpholine rings is 1. The molecule has 0 unspecified atom stereocenters. The summed E-state index contributed by atoms with van der Waals surface area (Å²) < 4.78 is 39.0. The molecule has 0 saturated carbocycles. The van der Waals surface area contributed by atoms with Gasteiger partial charge in [-0.15, -0.1) is 0 Å². The maximum absolute atomic E-state index is 12.7. The Morgan fingerprint density at radius 1 is 1.24 bits per heavy atom. The van der Waals surface area contributed by atoms with Crippen LogP contribution in [0.1, 0.15) is 33.1 Å². The summed E-state index contributed by atoms with van der Waals surface area (Å²) in [6.45, 7) is 7.47. The van der Waals surface area contributed by atoms with E-state index in [-0.39, 0.29) is 24.5 Å². The highest BCUT2D eigenvalue weighted by Gasteiger charge is 2.36. The zero-order valence-electron chi connectivity index (χ0n) is 15.3. The fraction of sp³-hybridized carbons (Fsp3) is 0.938. The van der Waals surface area contributed by atoms with Gasteiger partial charge in [-0.05, 0) is 33.1 Å². The Balaban J connectivity index is 1.80. The second kappa shape index (κ2) is 9.82. The van der Waals surface area contributed by atoms with Crippen molar-refractivity contribution in [1.82, 2.24) is 13.9 Å². The predicted octanol–water partition coefficient (Wildman–Crippen LogP) is 0.207. The van der Waals surface area contributed by atoms with Crippen molar-refractivity contribution in [2.45, 2.75) is 39.2 Å². The van der Waals surface area contributed by atoms with Crippen LogP contribution in [0.2, 0.25) is 0 Å². The molecular formula is C16H31N3O5S. The number of ether oxygens (including phenoxy) is 2. The van der Waals surface area contributed by atoms with Crippen molar-refractivity contribution in [1.29, 1.82) is 0 Å². The van der Waals surface area contributed by atoms with Crippen LogP contribution in [-0.4, -0.2) is 81.6 Å². The number of carbonyl (C=O) groups excluding carboxylic acids is 1. The molecule has 0 bridgehead atoms. The van der Waals surface area contributed by atoms with Crippen LogP contribution in [0.15, 0.2) is 0 Å². The average molecular weight is 378 g/mol. The van der Waals surface area contributed by atoms with Gasteiger partial charge in [0.25, 0.3) is 10.2 Å². The molecule has 146 valence electrons. The lowest BCUT2D eigenvalue weighted by atomic mass is 9.99. The molecule has 0 spiro atoms. The van der Waals surface area contributed by atoms with Crippen LogP contribution in [0.4, 0.5) is 0 Å². The van der Waals surface area contributed by atoms with Crippen LogP contribution in [0.25, 0.3) is 0 Å². The smallest absolute Gasteiger partial charge is 0.282 e. The molecule has 2 heterocycles. The third kappa shape index (κ3) is 6.18. The van der Waals surface area contributed by atoms with Crippen molar-refractivity contribution in [2.75, 3.05) is 52.5 Å². The maximum Gasteiger partial charge on any atom is 0.282 e. The third-order valence-corrected chi connectivity index (χ3v) is 6.45. The fourth-order valence-electron chi connectivity index (χ4n) is 3.05. The minimum atomic E-state index is -3.50. The highest BCUT2D eigenvalue weighted by atomic mass is 32.2. The molecule has 2 saturated heterocycles. The van der Waals surface area contributed by atoms with Gasteiger partial charge in [-0.1, -0.05) is 0 Å². The van der Waals surface area contributed by atoms with Crippen LogP contribution >= 0.6 is 0 Å². The van der Waals surface area contributed by atoms with E-state index in [1.165, 1.54) is 8.61 Å². The van der Waals surface area contributed by atoms with Gasteiger partial charge >= 0.3 is 0 Å². The van der Waals surface area contributed by atoms with Gasteiger partial charge in [0.2, 0.25) is 5.91 Å². The van der Waals surface area contributed by atoms with Gasteiger partial charge in [-0.3, -0.25) is 4.79 Å². The van der Waals surface area contributed by atoms with Crippen LogP contribution in [0, 0.1) is 5.92 Å². The van der Waals surface area contributed by atoms with Crippen molar-refractivity contribution < 1.29 is 22.7 Å². The number of nitrogens with zero attached hydrogens (tertiary/aromatic N) is 2. The normalized spacial score (nSPS) is 23.7. The predicted molar refractivity (Wildman–Crippen MR) is 94.3 cm³/mol. The number of carbonyl (C=O) groups is 1. The first-order chi connectivity index (χ1) is 11.9. The summed E-state index contributed by atoms with van der Waals surface area (Å²) in [5, 5.41) is 2.90. The van der Waals surface area contributed by atoms with E-state index in [9.17, 15) is 13.2 Å². The van der Waals surface area contributed by atoms with E-state index in [4.69, 9.17) is 9.47 Å². The first-order valence-electron chi connectivity index (χ1n) is 9.13. The molecule has 0 aromatic heterocycles. The van der Waals surface area contributed by atoms with Crippen molar-refractivity contribution in [3.63, 3.8) is 0 Å². The summed E-state index contributed by atoms with van der Waals surface area (Å²) in [5.74, 6) is -0.345. The number of hydrogen-bond donors (Lipinski definition) is 1. The van der Waals surface area contributed by atoms with Crippen LogP contribution in [0.5, 0.6) is 0 Å². The molecule has 8 nitrogen and oxygen atoms in total. The molecule has 2 aliphatic rings. The van der Waals surface area contributed by atoms with Gasteiger partial charge in [-0.2, -0.15) is 17.0 Å². The minimum absolute atomic E-state index is 0.0635. The molecule has 2 rings (SSSR count). The van der Waals surface area contributed by atoms with E-state index in [0.29, 0.717) is 52.4 Å². The molecular weight excluding hydrogens is 346 g/mol. The Kier molecular flexibility index (Phi) is 8.08. The Morgan fingerprint density at radius 2 is 1.96 bits per heavy atom. The van der Waals surface area contributed by atoms with Crippen LogP contribution < -0.4 is 5.32 Å². The van der Waals surface area contributed by atoms with E-state index < -0.39 is 10.2 Å². The lowest BCUT2D eigenvalue weighted by Crippen LogP contribution is -2.53. The van der Waals surface area contributed by atoms with Crippen molar-refractivity contribution >= 4 is 16.1 Å². The van der Waals surface area contributed by atoms with E-state index >= 15 is 0 Å². The lowest BCUT2D eigenvalue weighted by Gasteiger charge is -2.36. The Hall–Kier alpha value is -0.740. The van der Waals surface area contributed by atoms with E-state index in [1.807, 2.05) is 13.8 Å². The van der Waals surface area contributed by atoms with Crippen LogP contribution in [-0.2, 0) is 24.5 Å². The van der Waals surface area contributed by atoms with Crippen molar-refractivity contribution in [2.24, 2.45) is 5.92 Å². The summed E-state index contributed by atoms with van der Waals surface area (Å²) in [5.41, 5.74) is 0. The van der Waals surface area contributed by atoms with Crippen LogP contribution in [0.3, 0.4) is 0 Å². The Labute approximate surface area is 151 Å². The van der Waals surface area contributed by atoms with Gasteiger partial charge in [-0.25, -0.2) is 0 Å². The molecule has 0 aromatic carbocycles. The summed E-state index contributed by atoms with van der Waals surface area (Å²) in [7, 11) is -3.50. The summed E-state index contributed by atoms with van der Waals surface area (Å²) in [6, 6.07) is 0. The number of nitrogens with one attached hydrogen (secondary N) is 1. The molecule has 1 N–H and O–H groups in total. The van der Waals surface area contributed by atoms with Gasteiger partial charge < -0.3 is 14.8 Å². The number of piperidine rings is 1. The Morgan fingerprint density at radius 3 is 2.64 bits per heavy atom. The zero-order chi connectivity index (χ0) is 18.3. The quantitative estimate of drug-likeness (QED) is 0.611. The average Bonchev–Trinajstić information content (AvgIpc) is 2.62. The SMILES string of the molecule is CC(C)OCCCNC(=O)[C@H]1CCCN(S(=O)(=O)N2CCOCC2)C1. The molecule has 0 aromatic rings. The largest absolute Gasteiger partial charge is 0.379 e. The number of amides is 1. The Bertz CT molecular complexity index is 520. The topological polar surface area (TPSA) is 88.2 Å². The van der Waals surface area contributed by atoms with Crippen molar-refractivity contribution in [3.8, 4) is 0 Å². The first-order valence-corrected chi connectivity index (χ1v) is 10.5. The van der Waals surface area contributed by atoms with Gasteiger partial charge in [0, 0.05) is 39.3 Å². The summed E-state index contributed by atoms with van der Waals surface area (Å²) >= 11 is 0. The molecule has 1 amide bonds. The third-order valence-electron chi connectivity index (χ3n) is 4.45. The van der Waals surface area contributed by atoms with Gasteiger partial charge in [0.1, 0.15) is 0 Å².